The lowest BCUT2D eigenvalue weighted by atomic mass is 10.0. The van der Waals surface area contributed by atoms with Crippen molar-refractivity contribution in [3.05, 3.63) is 59.4 Å². The van der Waals surface area contributed by atoms with Crippen molar-refractivity contribution in [1.29, 1.82) is 0 Å². The summed E-state index contributed by atoms with van der Waals surface area (Å²) >= 11 is 0. The number of benzene rings is 2. The van der Waals surface area contributed by atoms with E-state index in [2.05, 4.69) is 12.1 Å². The Bertz CT molecular complexity index is 529. The molecule has 18 heavy (non-hydrogen) atoms. The molecule has 2 N–H and O–H groups in total. The fourth-order valence-corrected chi connectivity index (χ4v) is 1.98. The van der Waals surface area contributed by atoms with Gasteiger partial charge >= 0.3 is 0 Å². The molecule has 1 nitrogen and oxygen atoms in total. The molecule has 0 aliphatic rings. The van der Waals surface area contributed by atoms with Crippen LogP contribution in [0.1, 0.15) is 18.1 Å². The molecule has 0 aliphatic heterocycles. The minimum Gasteiger partial charge on any atom is -0.328 e. The Balaban J connectivity index is 2.25. The van der Waals surface area contributed by atoms with E-state index in [1.165, 1.54) is 5.56 Å². The average molecular weight is 243 g/mol. The highest BCUT2D eigenvalue weighted by atomic mass is 19.1. The summed E-state index contributed by atoms with van der Waals surface area (Å²) in [6.07, 6.45) is 0.864. The molecule has 0 radical (unpaired) electrons. The molecule has 0 fully saturated rings. The molecule has 0 amide bonds. The molecular weight excluding hydrogens is 225 g/mol. The summed E-state index contributed by atoms with van der Waals surface area (Å²) in [5.41, 5.74) is 9.58. The molecule has 2 heteroatoms. The molecule has 1 atom stereocenters. The molecule has 0 heterocycles. The van der Waals surface area contributed by atoms with Crippen LogP contribution in [0, 0.1) is 12.7 Å². The average Bonchev–Trinajstić information content (AvgIpc) is 2.33. The Morgan fingerprint density at radius 3 is 2.22 bits per heavy atom. The summed E-state index contributed by atoms with van der Waals surface area (Å²) in [4.78, 5) is 0. The van der Waals surface area contributed by atoms with Crippen LogP contribution in [-0.2, 0) is 6.42 Å². The van der Waals surface area contributed by atoms with E-state index >= 15 is 0 Å². The van der Waals surface area contributed by atoms with Gasteiger partial charge in [0.2, 0.25) is 0 Å². The fourth-order valence-electron chi connectivity index (χ4n) is 1.98. The molecule has 0 aromatic heterocycles. The van der Waals surface area contributed by atoms with Gasteiger partial charge < -0.3 is 5.73 Å². The second-order valence-corrected chi connectivity index (χ2v) is 4.84. The molecule has 0 aliphatic carbocycles. The topological polar surface area (TPSA) is 26.0 Å². The first-order valence-electron chi connectivity index (χ1n) is 6.17. The van der Waals surface area contributed by atoms with Gasteiger partial charge in [-0.25, -0.2) is 4.39 Å². The van der Waals surface area contributed by atoms with Crippen molar-refractivity contribution in [3.63, 3.8) is 0 Å². The SMILES string of the molecule is Cc1ccc(-c2ccc(CC(C)N)cc2)cc1F. The van der Waals surface area contributed by atoms with Crippen molar-refractivity contribution >= 4 is 0 Å². The van der Waals surface area contributed by atoms with Crippen LogP contribution in [0.3, 0.4) is 0 Å². The van der Waals surface area contributed by atoms with Gasteiger partial charge in [0.15, 0.2) is 0 Å². The molecule has 2 aromatic carbocycles. The van der Waals surface area contributed by atoms with Gasteiger partial charge in [-0.3, -0.25) is 0 Å². The third-order valence-corrected chi connectivity index (χ3v) is 3.02. The third-order valence-electron chi connectivity index (χ3n) is 3.02. The van der Waals surface area contributed by atoms with Crippen molar-refractivity contribution in [2.24, 2.45) is 5.73 Å². The molecule has 0 saturated carbocycles. The number of nitrogens with two attached hydrogens (primary N) is 1. The first-order chi connectivity index (χ1) is 8.56. The van der Waals surface area contributed by atoms with E-state index in [4.69, 9.17) is 5.73 Å². The molecule has 1 unspecified atom stereocenters. The van der Waals surface area contributed by atoms with Crippen LogP contribution in [0.2, 0.25) is 0 Å². The fraction of sp³-hybridized carbons (Fsp3) is 0.250. The summed E-state index contributed by atoms with van der Waals surface area (Å²) in [5, 5.41) is 0. The molecule has 94 valence electrons. The zero-order chi connectivity index (χ0) is 13.1. The highest BCUT2D eigenvalue weighted by Crippen LogP contribution is 2.22. The van der Waals surface area contributed by atoms with Gasteiger partial charge in [0.25, 0.3) is 0 Å². The van der Waals surface area contributed by atoms with E-state index in [9.17, 15) is 4.39 Å². The second kappa shape index (κ2) is 5.32. The number of halogens is 1. The van der Waals surface area contributed by atoms with Crippen LogP contribution in [0.15, 0.2) is 42.5 Å². The van der Waals surface area contributed by atoms with E-state index in [0.29, 0.717) is 5.56 Å². The number of rotatable bonds is 3. The van der Waals surface area contributed by atoms with Gasteiger partial charge in [-0.15, -0.1) is 0 Å². The molecule has 0 spiro atoms. The van der Waals surface area contributed by atoms with Crippen molar-refractivity contribution in [1.82, 2.24) is 0 Å². The standard InChI is InChI=1S/C16H18FN/c1-11-3-6-15(10-16(11)17)14-7-4-13(5-8-14)9-12(2)18/h3-8,10,12H,9,18H2,1-2H3. The maximum Gasteiger partial charge on any atom is 0.126 e. The van der Waals surface area contributed by atoms with E-state index in [1.807, 2.05) is 25.1 Å². The number of hydrogen-bond acceptors (Lipinski definition) is 1. The number of aryl methyl sites for hydroxylation is 1. The molecule has 0 saturated heterocycles. The zero-order valence-corrected chi connectivity index (χ0v) is 10.8. The van der Waals surface area contributed by atoms with Gasteiger partial charge in [0.05, 0.1) is 0 Å². The Morgan fingerprint density at radius 1 is 1.06 bits per heavy atom. The smallest absolute Gasteiger partial charge is 0.126 e. The highest BCUT2D eigenvalue weighted by Gasteiger charge is 2.03. The van der Waals surface area contributed by atoms with Gasteiger partial charge in [0, 0.05) is 6.04 Å². The van der Waals surface area contributed by atoms with E-state index in [0.717, 1.165) is 17.5 Å². The van der Waals surface area contributed by atoms with Crippen LogP contribution >= 0.6 is 0 Å². The summed E-state index contributed by atoms with van der Waals surface area (Å²) in [5.74, 6) is -0.160. The highest BCUT2D eigenvalue weighted by molar-refractivity contribution is 5.64. The van der Waals surface area contributed by atoms with Gasteiger partial charge in [-0.1, -0.05) is 36.4 Å². The Labute approximate surface area is 107 Å². The van der Waals surface area contributed by atoms with E-state index < -0.39 is 0 Å². The largest absolute Gasteiger partial charge is 0.328 e. The van der Waals surface area contributed by atoms with Crippen molar-refractivity contribution < 1.29 is 4.39 Å². The maximum absolute atomic E-state index is 13.5. The van der Waals surface area contributed by atoms with Crippen LogP contribution in [-0.4, -0.2) is 6.04 Å². The van der Waals surface area contributed by atoms with Crippen molar-refractivity contribution in [2.45, 2.75) is 26.3 Å². The lowest BCUT2D eigenvalue weighted by molar-refractivity contribution is 0.619. The minimum atomic E-state index is -0.160. The number of hydrogen-bond donors (Lipinski definition) is 1. The van der Waals surface area contributed by atoms with Crippen molar-refractivity contribution in [2.75, 3.05) is 0 Å². The van der Waals surface area contributed by atoms with E-state index in [-0.39, 0.29) is 11.9 Å². The Morgan fingerprint density at radius 2 is 1.67 bits per heavy atom. The first-order valence-corrected chi connectivity index (χ1v) is 6.17. The van der Waals surface area contributed by atoms with Crippen molar-refractivity contribution in [3.8, 4) is 11.1 Å². The zero-order valence-electron chi connectivity index (χ0n) is 10.8. The van der Waals surface area contributed by atoms with Crippen LogP contribution in [0.5, 0.6) is 0 Å². The van der Waals surface area contributed by atoms with Crippen LogP contribution < -0.4 is 5.73 Å². The first kappa shape index (κ1) is 12.8. The lowest BCUT2D eigenvalue weighted by Crippen LogP contribution is -2.17. The summed E-state index contributed by atoms with van der Waals surface area (Å²) in [6, 6.07) is 13.6. The minimum absolute atomic E-state index is 0.160. The quantitative estimate of drug-likeness (QED) is 0.874. The van der Waals surface area contributed by atoms with Gasteiger partial charge in [-0.05, 0) is 48.6 Å². The molecule has 0 bridgehead atoms. The Hall–Kier alpha value is -1.67. The second-order valence-electron chi connectivity index (χ2n) is 4.84. The molecule has 2 rings (SSSR count). The summed E-state index contributed by atoms with van der Waals surface area (Å²) in [7, 11) is 0. The lowest BCUT2D eigenvalue weighted by Gasteiger charge is -2.07. The third kappa shape index (κ3) is 2.96. The van der Waals surface area contributed by atoms with Crippen LogP contribution in [0.4, 0.5) is 4.39 Å². The normalized spacial score (nSPS) is 12.4. The van der Waals surface area contributed by atoms with Gasteiger partial charge in [0.1, 0.15) is 5.82 Å². The molecule has 2 aromatic rings. The summed E-state index contributed by atoms with van der Waals surface area (Å²) < 4.78 is 13.5. The van der Waals surface area contributed by atoms with Gasteiger partial charge in [-0.2, -0.15) is 0 Å². The predicted octanol–water partition coefficient (Wildman–Crippen LogP) is 3.69. The maximum atomic E-state index is 13.5. The van der Waals surface area contributed by atoms with E-state index in [1.54, 1.807) is 19.1 Å². The monoisotopic (exact) mass is 243 g/mol. The predicted molar refractivity (Wildman–Crippen MR) is 73.9 cm³/mol. The Kier molecular flexibility index (Phi) is 3.78. The summed E-state index contributed by atoms with van der Waals surface area (Å²) in [6.45, 7) is 3.76. The van der Waals surface area contributed by atoms with Crippen LogP contribution in [0.25, 0.3) is 11.1 Å². The molecular formula is C16H18FN.